The summed E-state index contributed by atoms with van der Waals surface area (Å²) in [6.45, 7) is 0.588. The van der Waals surface area contributed by atoms with E-state index in [2.05, 4.69) is 15.3 Å². The lowest BCUT2D eigenvalue weighted by atomic mass is 10.2. The predicted octanol–water partition coefficient (Wildman–Crippen LogP) is 3.55. The third-order valence-electron chi connectivity index (χ3n) is 3.02. The van der Waals surface area contributed by atoms with E-state index >= 15 is 0 Å². The van der Waals surface area contributed by atoms with Gasteiger partial charge in [0, 0.05) is 4.88 Å². The van der Waals surface area contributed by atoms with Crippen molar-refractivity contribution in [1.82, 2.24) is 15.3 Å². The fourth-order valence-electron chi connectivity index (χ4n) is 1.92. The molecule has 0 aliphatic rings. The van der Waals surface area contributed by atoms with Gasteiger partial charge in [0.1, 0.15) is 0 Å². The molecule has 3 aromatic rings. The van der Waals surface area contributed by atoms with Crippen molar-refractivity contribution in [2.24, 2.45) is 0 Å². The first-order chi connectivity index (χ1) is 10.8. The highest BCUT2D eigenvalue weighted by Crippen LogP contribution is 2.21. The first-order valence-corrected chi connectivity index (χ1v) is 8.70. The highest BCUT2D eigenvalue weighted by molar-refractivity contribution is 7.99. The smallest absolute Gasteiger partial charge is 0.230 e. The van der Waals surface area contributed by atoms with E-state index in [0.717, 1.165) is 21.3 Å². The zero-order chi connectivity index (χ0) is 15.2. The predicted molar refractivity (Wildman–Crippen MR) is 90.9 cm³/mol. The molecule has 0 aliphatic carbocycles. The SMILES string of the molecule is O=C(CSc1ncc(-c2ccccc2)[nH]1)NCc1cccs1. The van der Waals surface area contributed by atoms with Crippen molar-refractivity contribution in [2.75, 3.05) is 5.75 Å². The zero-order valence-corrected chi connectivity index (χ0v) is 13.4. The molecule has 4 nitrogen and oxygen atoms in total. The molecule has 0 bridgehead atoms. The van der Waals surface area contributed by atoms with Crippen LogP contribution in [0.25, 0.3) is 11.3 Å². The number of thioether (sulfide) groups is 1. The van der Waals surface area contributed by atoms with Crippen molar-refractivity contribution < 1.29 is 4.79 Å². The number of H-pyrrole nitrogens is 1. The molecule has 0 spiro atoms. The van der Waals surface area contributed by atoms with E-state index in [4.69, 9.17) is 0 Å². The molecule has 22 heavy (non-hydrogen) atoms. The molecule has 6 heteroatoms. The number of hydrogen-bond donors (Lipinski definition) is 2. The number of nitrogens with one attached hydrogen (secondary N) is 2. The minimum atomic E-state index is 0.0102. The molecule has 0 unspecified atom stereocenters. The number of nitrogens with zero attached hydrogens (tertiary/aromatic N) is 1. The summed E-state index contributed by atoms with van der Waals surface area (Å²) in [4.78, 5) is 20.5. The van der Waals surface area contributed by atoms with Crippen LogP contribution in [0.15, 0.2) is 59.2 Å². The van der Waals surface area contributed by atoms with Gasteiger partial charge in [-0.05, 0) is 17.0 Å². The van der Waals surface area contributed by atoms with E-state index in [1.165, 1.54) is 11.8 Å². The van der Waals surface area contributed by atoms with Crippen LogP contribution in [0.2, 0.25) is 0 Å². The third kappa shape index (κ3) is 3.99. The van der Waals surface area contributed by atoms with Crippen molar-refractivity contribution in [3.05, 3.63) is 58.9 Å². The largest absolute Gasteiger partial charge is 0.350 e. The molecule has 0 radical (unpaired) electrons. The number of aromatic amines is 1. The number of imidazole rings is 1. The van der Waals surface area contributed by atoms with Crippen LogP contribution in [-0.2, 0) is 11.3 Å². The van der Waals surface area contributed by atoms with Gasteiger partial charge < -0.3 is 10.3 Å². The Morgan fingerprint density at radius 3 is 2.86 bits per heavy atom. The molecule has 2 aromatic heterocycles. The standard InChI is InChI=1S/C16H15N3OS2/c20-15(17-9-13-7-4-8-21-13)11-22-16-18-10-14(19-16)12-5-2-1-3-6-12/h1-8,10H,9,11H2,(H,17,20)(H,18,19). The van der Waals surface area contributed by atoms with Crippen LogP contribution in [0.1, 0.15) is 4.88 Å². The Balaban J connectivity index is 1.49. The van der Waals surface area contributed by atoms with Crippen molar-refractivity contribution in [1.29, 1.82) is 0 Å². The van der Waals surface area contributed by atoms with Gasteiger partial charge in [0.2, 0.25) is 5.91 Å². The summed E-state index contributed by atoms with van der Waals surface area (Å²) in [5.41, 5.74) is 2.05. The molecule has 0 fully saturated rings. The molecular weight excluding hydrogens is 314 g/mol. The maximum atomic E-state index is 11.8. The molecule has 3 rings (SSSR count). The maximum Gasteiger partial charge on any atom is 0.230 e. The molecule has 1 amide bonds. The number of rotatable bonds is 6. The number of hydrogen-bond acceptors (Lipinski definition) is 4. The van der Waals surface area contributed by atoms with Gasteiger partial charge in [-0.25, -0.2) is 4.98 Å². The van der Waals surface area contributed by atoms with E-state index in [1.54, 1.807) is 17.5 Å². The van der Waals surface area contributed by atoms with Gasteiger partial charge in [-0.2, -0.15) is 0 Å². The molecule has 2 heterocycles. The van der Waals surface area contributed by atoms with E-state index < -0.39 is 0 Å². The first-order valence-electron chi connectivity index (χ1n) is 6.83. The Hall–Kier alpha value is -2.05. The van der Waals surface area contributed by atoms with E-state index in [-0.39, 0.29) is 5.91 Å². The van der Waals surface area contributed by atoms with Crippen LogP contribution in [0.4, 0.5) is 0 Å². The van der Waals surface area contributed by atoms with Crippen molar-refractivity contribution in [3.8, 4) is 11.3 Å². The molecule has 1 aromatic carbocycles. The lowest BCUT2D eigenvalue weighted by Gasteiger charge is -2.02. The summed E-state index contributed by atoms with van der Waals surface area (Å²) in [6.07, 6.45) is 1.79. The van der Waals surface area contributed by atoms with E-state index in [0.29, 0.717) is 12.3 Å². The fraction of sp³-hybridized carbons (Fsp3) is 0.125. The third-order valence-corrected chi connectivity index (χ3v) is 4.78. The molecule has 2 N–H and O–H groups in total. The summed E-state index contributed by atoms with van der Waals surface area (Å²) < 4.78 is 0. The number of amides is 1. The van der Waals surface area contributed by atoms with Crippen molar-refractivity contribution in [3.63, 3.8) is 0 Å². The van der Waals surface area contributed by atoms with Crippen LogP contribution in [-0.4, -0.2) is 21.6 Å². The Bertz CT molecular complexity index is 723. The van der Waals surface area contributed by atoms with Crippen LogP contribution >= 0.6 is 23.1 Å². The zero-order valence-electron chi connectivity index (χ0n) is 11.8. The number of carbonyl (C=O) groups excluding carboxylic acids is 1. The van der Waals surface area contributed by atoms with Gasteiger partial charge in [0.25, 0.3) is 0 Å². The van der Waals surface area contributed by atoms with Gasteiger partial charge in [-0.15, -0.1) is 11.3 Å². The molecule has 112 valence electrons. The molecule has 0 saturated carbocycles. The van der Waals surface area contributed by atoms with Gasteiger partial charge in [-0.3, -0.25) is 4.79 Å². The summed E-state index contributed by atoms with van der Waals surface area (Å²) in [5, 5.41) is 5.66. The second-order valence-corrected chi connectivity index (χ2v) is 6.61. The summed E-state index contributed by atoms with van der Waals surface area (Å²) in [6, 6.07) is 14.0. The van der Waals surface area contributed by atoms with Crippen LogP contribution in [0, 0.1) is 0 Å². The molecular formula is C16H15N3OS2. The van der Waals surface area contributed by atoms with Crippen LogP contribution in [0.3, 0.4) is 0 Å². The maximum absolute atomic E-state index is 11.8. The Labute approximate surface area is 137 Å². The normalized spacial score (nSPS) is 10.5. The Morgan fingerprint density at radius 1 is 1.23 bits per heavy atom. The average Bonchev–Trinajstić information content (AvgIpc) is 3.23. The van der Waals surface area contributed by atoms with Crippen molar-refractivity contribution in [2.45, 2.75) is 11.7 Å². The summed E-state index contributed by atoms with van der Waals surface area (Å²) >= 11 is 3.05. The first kappa shape index (κ1) is 14.9. The topological polar surface area (TPSA) is 57.8 Å². The Kier molecular flexibility index (Phi) is 4.92. The number of aromatic nitrogens is 2. The minimum absolute atomic E-state index is 0.0102. The fourth-order valence-corrected chi connectivity index (χ4v) is 3.25. The van der Waals surface area contributed by atoms with E-state index in [9.17, 15) is 4.79 Å². The molecule has 0 saturated heterocycles. The van der Waals surface area contributed by atoms with Gasteiger partial charge in [-0.1, -0.05) is 48.2 Å². The van der Waals surface area contributed by atoms with Crippen LogP contribution < -0.4 is 5.32 Å². The number of carbonyl (C=O) groups is 1. The van der Waals surface area contributed by atoms with Crippen LogP contribution in [0.5, 0.6) is 0 Å². The highest BCUT2D eigenvalue weighted by Gasteiger charge is 2.07. The summed E-state index contributed by atoms with van der Waals surface area (Å²) in [7, 11) is 0. The van der Waals surface area contributed by atoms with Crippen molar-refractivity contribution >= 4 is 29.0 Å². The number of thiophene rings is 1. The molecule has 0 atom stereocenters. The minimum Gasteiger partial charge on any atom is -0.350 e. The van der Waals surface area contributed by atoms with Gasteiger partial charge >= 0.3 is 0 Å². The monoisotopic (exact) mass is 329 g/mol. The Morgan fingerprint density at radius 2 is 2.09 bits per heavy atom. The summed E-state index contributed by atoms with van der Waals surface area (Å²) in [5.74, 6) is 0.365. The second kappa shape index (κ2) is 7.29. The number of benzene rings is 1. The lowest BCUT2D eigenvalue weighted by Crippen LogP contribution is -2.24. The second-order valence-electron chi connectivity index (χ2n) is 4.61. The molecule has 0 aliphatic heterocycles. The lowest BCUT2D eigenvalue weighted by molar-refractivity contribution is -0.118. The van der Waals surface area contributed by atoms with Gasteiger partial charge in [0.15, 0.2) is 5.16 Å². The quantitative estimate of drug-likeness (QED) is 0.680. The highest BCUT2D eigenvalue weighted by atomic mass is 32.2. The average molecular weight is 329 g/mol. The van der Waals surface area contributed by atoms with Gasteiger partial charge in [0.05, 0.1) is 24.2 Å². The van der Waals surface area contributed by atoms with E-state index in [1.807, 2.05) is 47.8 Å².